The van der Waals surface area contributed by atoms with Crippen molar-refractivity contribution in [2.75, 3.05) is 0 Å². The van der Waals surface area contributed by atoms with Gasteiger partial charge in [-0.25, -0.2) is 0 Å². The van der Waals surface area contributed by atoms with Crippen molar-refractivity contribution in [2.24, 2.45) is 0 Å². The zero-order valence-corrected chi connectivity index (χ0v) is 34.2. The molecule has 5 rings (SSSR count). The molecule has 3 aromatic carbocycles. The Morgan fingerprint density at radius 2 is 0.771 bits per heavy atom. The summed E-state index contributed by atoms with van der Waals surface area (Å²) < 4.78 is 0. The van der Waals surface area contributed by atoms with Crippen LogP contribution < -0.4 is 0 Å². The maximum Gasteiger partial charge on any atom is 0.150 e. The Bertz CT molecular complexity index is 1920. The van der Waals surface area contributed by atoms with Crippen molar-refractivity contribution in [3.63, 3.8) is 0 Å². The largest absolute Gasteiger partial charge is 0.150 e. The monoisotopic (exact) mass is 842 g/mol. The lowest BCUT2D eigenvalue weighted by molar-refractivity contribution is 0.606. The van der Waals surface area contributed by atoms with E-state index < -0.39 is 0 Å². The van der Waals surface area contributed by atoms with E-state index in [4.69, 9.17) is 92.8 Å². The number of rotatable bonds is 16. The van der Waals surface area contributed by atoms with E-state index in [1.807, 2.05) is 0 Å². The highest BCUT2D eigenvalue weighted by Gasteiger charge is 2.30. The molecule has 0 aliphatic carbocycles. The third kappa shape index (κ3) is 8.14. The number of aryl methyl sites for hydroxylation is 2. The lowest BCUT2D eigenvalue weighted by Gasteiger charge is -2.19. The van der Waals surface area contributed by atoms with Gasteiger partial charge in [0.15, 0.2) is 5.01 Å². The molecule has 2 aromatic heterocycles. The van der Waals surface area contributed by atoms with Gasteiger partial charge in [-0.15, -0.1) is 20.4 Å². The predicted molar refractivity (Wildman–Crippen MR) is 213 cm³/mol. The third-order valence-corrected chi connectivity index (χ3v) is 13.8. The Morgan fingerprint density at radius 1 is 0.375 bits per heavy atom. The topological polar surface area (TPSA) is 51.6 Å². The van der Waals surface area contributed by atoms with E-state index in [0.29, 0.717) is 42.7 Å². The van der Waals surface area contributed by atoms with Crippen LogP contribution in [0.3, 0.4) is 0 Å². The lowest BCUT2D eigenvalue weighted by atomic mass is 9.96. The molecule has 0 N–H and O–H groups in total. The number of hydrogen-bond donors (Lipinski definition) is 0. The molecule has 2 heterocycles. The van der Waals surface area contributed by atoms with Crippen molar-refractivity contribution in [3.05, 3.63) is 50.2 Å². The fraction of sp³-hybridized carbons (Fsp3) is 0.471. The highest BCUT2D eigenvalue weighted by molar-refractivity contribution is 7.15. The summed E-state index contributed by atoms with van der Waals surface area (Å²) in [5.41, 5.74) is 0.900. The first-order valence-electron chi connectivity index (χ1n) is 16.2. The number of benzene rings is 3. The maximum absolute atomic E-state index is 7.12. The number of aromatic nitrogens is 4. The van der Waals surface area contributed by atoms with Gasteiger partial charge in [0.25, 0.3) is 0 Å². The zero-order valence-electron chi connectivity index (χ0n) is 26.5. The molecule has 0 fully saturated rings. The van der Waals surface area contributed by atoms with E-state index in [-0.39, 0.29) is 40.2 Å². The Labute approximate surface area is 329 Å². The molecule has 0 radical (unpaired) electrons. The van der Waals surface area contributed by atoms with Gasteiger partial charge in [0, 0.05) is 39.9 Å². The molecule has 0 unspecified atom stereocenters. The summed E-state index contributed by atoms with van der Waals surface area (Å²) in [5.74, 6) is 0. The van der Waals surface area contributed by atoms with Crippen LogP contribution in [0, 0.1) is 0 Å². The molecule has 0 aliphatic rings. The van der Waals surface area contributed by atoms with Gasteiger partial charge < -0.3 is 0 Å². The number of unbranched alkanes of at least 4 members (excludes halogenated alkanes) is 10. The van der Waals surface area contributed by atoms with Crippen LogP contribution in [0.5, 0.6) is 0 Å². The van der Waals surface area contributed by atoms with E-state index in [9.17, 15) is 0 Å². The molecule has 0 bridgehead atoms. The van der Waals surface area contributed by atoms with Gasteiger partial charge in [-0.05, 0) is 12.8 Å². The van der Waals surface area contributed by atoms with Gasteiger partial charge in [0.2, 0.25) is 0 Å². The molecule has 0 saturated carbocycles. The average molecular weight is 846 g/mol. The summed E-state index contributed by atoms with van der Waals surface area (Å²) in [6.07, 6.45) is 15.8. The number of nitrogens with zero attached hydrogens (tertiary/aromatic N) is 4. The van der Waals surface area contributed by atoms with Gasteiger partial charge in [0.05, 0.1) is 45.7 Å². The van der Waals surface area contributed by atoms with Crippen LogP contribution in [0.15, 0.2) is 0 Å². The van der Waals surface area contributed by atoms with E-state index in [1.54, 1.807) is 0 Å². The molecule has 4 nitrogen and oxygen atoms in total. The van der Waals surface area contributed by atoms with Gasteiger partial charge in [-0.3, -0.25) is 0 Å². The lowest BCUT2D eigenvalue weighted by Crippen LogP contribution is -1.94. The van der Waals surface area contributed by atoms with E-state index in [0.717, 1.165) is 48.5 Å². The van der Waals surface area contributed by atoms with Gasteiger partial charge in [-0.1, -0.05) is 194 Å². The molecule has 258 valence electrons. The smallest absolute Gasteiger partial charge is 0.143 e. The predicted octanol–water partition coefficient (Wildman–Crippen LogP) is 16.1. The first-order valence-corrected chi connectivity index (χ1v) is 20.9. The third-order valence-electron chi connectivity index (χ3n) is 8.38. The van der Waals surface area contributed by atoms with Crippen LogP contribution in [0.4, 0.5) is 0 Å². The molecule has 0 spiro atoms. The molecule has 0 amide bonds. The first kappa shape index (κ1) is 38.8. The first-order chi connectivity index (χ1) is 23.1. The average Bonchev–Trinajstić information content (AvgIpc) is 3.74. The Balaban J connectivity index is 1.58. The van der Waals surface area contributed by atoms with Crippen molar-refractivity contribution >= 4 is 137 Å². The highest BCUT2D eigenvalue weighted by atomic mass is 35.5. The van der Waals surface area contributed by atoms with Gasteiger partial charge in [-0.2, -0.15) is 0 Å². The molecular formula is C34H34Cl8N4S2. The SMILES string of the molecule is CCCCCCCCc1nnc(-c2c(Cl)c(Cl)c3c(c2Cl)c(Cl)c(Cl)c2c(-c4nnc(CCCCCCCC)s4)c(Cl)c(Cl)c(Cl)c23)s1. The second kappa shape index (κ2) is 17.9. The number of hydrogen-bond acceptors (Lipinski definition) is 6. The van der Waals surface area contributed by atoms with E-state index >= 15 is 0 Å². The Kier molecular flexibility index (Phi) is 14.5. The van der Waals surface area contributed by atoms with Crippen molar-refractivity contribution in [1.82, 2.24) is 20.4 Å². The van der Waals surface area contributed by atoms with E-state index in [2.05, 4.69) is 34.2 Å². The fourth-order valence-electron chi connectivity index (χ4n) is 5.85. The summed E-state index contributed by atoms with van der Waals surface area (Å²) in [5, 5.41) is 23.6. The van der Waals surface area contributed by atoms with Crippen LogP contribution in [0.1, 0.15) is 101 Å². The molecule has 0 saturated heterocycles. The summed E-state index contributed by atoms with van der Waals surface area (Å²) >= 11 is 58.8. The Morgan fingerprint density at radius 3 is 1.31 bits per heavy atom. The normalized spacial score (nSPS) is 11.9. The molecule has 5 aromatic rings. The van der Waals surface area contributed by atoms with E-state index in [1.165, 1.54) is 74.0 Å². The molecule has 0 atom stereocenters. The van der Waals surface area contributed by atoms with Crippen LogP contribution in [-0.2, 0) is 12.8 Å². The molecular weight excluding hydrogens is 812 g/mol. The number of halogens is 8. The minimum absolute atomic E-state index is 0.115. The second-order valence-corrected chi connectivity index (χ2v) is 16.9. The van der Waals surface area contributed by atoms with Crippen molar-refractivity contribution in [1.29, 1.82) is 0 Å². The summed E-state index contributed by atoms with van der Waals surface area (Å²) in [7, 11) is 0. The Hall–Kier alpha value is -0.380. The van der Waals surface area contributed by atoms with Gasteiger partial charge >= 0.3 is 0 Å². The highest BCUT2D eigenvalue weighted by Crippen LogP contribution is 2.57. The summed E-state index contributed by atoms with van der Waals surface area (Å²) in [6, 6.07) is 0. The molecule has 48 heavy (non-hydrogen) atoms. The van der Waals surface area contributed by atoms with Crippen molar-refractivity contribution < 1.29 is 0 Å². The van der Waals surface area contributed by atoms with Crippen molar-refractivity contribution in [3.8, 4) is 21.1 Å². The van der Waals surface area contributed by atoms with Crippen molar-refractivity contribution in [2.45, 2.75) is 104 Å². The summed E-state index contributed by atoms with van der Waals surface area (Å²) in [6.45, 7) is 4.43. The number of fused-ring (bicyclic) bond motifs is 3. The fourth-order valence-corrected chi connectivity index (χ4v) is 10.3. The maximum atomic E-state index is 7.12. The van der Waals surface area contributed by atoms with Crippen LogP contribution in [-0.4, -0.2) is 20.4 Å². The quantitative estimate of drug-likeness (QED) is 0.0430. The van der Waals surface area contributed by atoms with Crippen LogP contribution in [0.2, 0.25) is 40.2 Å². The molecule has 14 heteroatoms. The molecule has 0 aliphatic heterocycles. The zero-order chi connectivity index (χ0) is 34.5. The minimum atomic E-state index is 0.115. The van der Waals surface area contributed by atoms with Gasteiger partial charge in [0.1, 0.15) is 15.0 Å². The standard InChI is InChI=1S/C34H34Cl8N4S2/c1-3-5-7-9-11-13-15-17-43-45-33(47-17)23-21-19(28(38)32(42)30(23)40)20-22(29(39)27(21)37)25(35)24(31(41)26(20)36)34-46-44-18(48-34)16-14-12-10-8-6-4-2/h3-16H2,1-2H3. The van der Waals surface area contributed by atoms with Crippen LogP contribution in [0.25, 0.3) is 42.7 Å². The summed E-state index contributed by atoms with van der Waals surface area (Å²) in [4.78, 5) is 0. The minimum Gasteiger partial charge on any atom is -0.143 e. The second-order valence-electron chi connectivity index (χ2n) is 11.8. The van der Waals surface area contributed by atoms with Crippen LogP contribution >= 0.6 is 115 Å².